The predicted molar refractivity (Wildman–Crippen MR) is 114 cm³/mol. The summed E-state index contributed by atoms with van der Waals surface area (Å²) in [5.74, 6) is 0.157. The van der Waals surface area contributed by atoms with Crippen molar-refractivity contribution in [3.63, 3.8) is 0 Å². The predicted octanol–water partition coefficient (Wildman–Crippen LogP) is 5.06. The molecule has 1 N–H and O–H groups in total. The van der Waals surface area contributed by atoms with Gasteiger partial charge in [0, 0.05) is 42.1 Å². The van der Waals surface area contributed by atoms with Gasteiger partial charge in [-0.25, -0.2) is 0 Å². The summed E-state index contributed by atoms with van der Waals surface area (Å²) in [7, 11) is 0. The van der Waals surface area contributed by atoms with E-state index in [4.69, 9.17) is 0 Å². The van der Waals surface area contributed by atoms with E-state index in [-0.39, 0.29) is 11.8 Å². The maximum atomic E-state index is 13.1. The first-order valence-electron chi connectivity index (χ1n) is 10.6. The number of aryl methyl sites for hydroxylation is 1. The second-order valence-electron chi connectivity index (χ2n) is 8.67. The zero-order chi connectivity index (χ0) is 21.8. The molecule has 7 heteroatoms. The quantitative estimate of drug-likeness (QED) is 0.632. The summed E-state index contributed by atoms with van der Waals surface area (Å²) in [4.78, 5) is 14.5. The molecular weight excluding hydrogens is 403 g/mol. The van der Waals surface area contributed by atoms with Gasteiger partial charge in [-0.15, -0.1) is 0 Å². The summed E-state index contributed by atoms with van der Waals surface area (Å²) in [6.45, 7) is 3.19. The molecule has 1 aliphatic heterocycles. The number of aromatic nitrogens is 1. The van der Waals surface area contributed by atoms with Gasteiger partial charge in [0.05, 0.1) is 17.0 Å². The Hall–Kier alpha value is -2.96. The second kappa shape index (κ2) is 7.32. The first-order valence-corrected chi connectivity index (χ1v) is 10.6. The minimum Gasteiger partial charge on any atom is -0.370 e. The molecule has 2 heterocycles. The third-order valence-corrected chi connectivity index (χ3v) is 6.51. The minimum atomic E-state index is -4.36. The first-order chi connectivity index (χ1) is 14.8. The third kappa shape index (κ3) is 3.66. The van der Waals surface area contributed by atoms with E-state index in [0.717, 1.165) is 41.4 Å². The van der Waals surface area contributed by atoms with Crippen molar-refractivity contribution in [2.75, 3.05) is 18.0 Å². The zero-order valence-electron chi connectivity index (χ0n) is 17.2. The van der Waals surface area contributed by atoms with E-state index in [2.05, 4.69) is 10.2 Å². The van der Waals surface area contributed by atoms with Gasteiger partial charge in [0.1, 0.15) is 0 Å². The molecule has 162 valence electrons. The van der Waals surface area contributed by atoms with Crippen LogP contribution in [-0.2, 0) is 11.0 Å². The van der Waals surface area contributed by atoms with E-state index >= 15 is 0 Å². The average molecular weight is 427 g/mol. The van der Waals surface area contributed by atoms with Gasteiger partial charge in [0.15, 0.2) is 0 Å². The highest BCUT2D eigenvalue weighted by Gasteiger charge is 2.35. The normalized spacial score (nSPS) is 17.5. The maximum Gasteiger partial charge on any atom is 0.416 e. The third-order valence-electron chi connectivity index (χ3n) is 6.51. The molecular formula is C24H24F3N3O. The number of amides is 1. The number of rotatable bonds is 4. The Labute approximate surface area is 178 Å². The summed E-state index contributed by atoms with van der Waals surface area (Å²) in [6, 6.07) is 12.1. The largest absolute Gasteiger partial charge is 0.416 e. The number of nitrogens with zero attached hydrogens (tertiary/aromatic N) is 2. The van der Waals surface area contributed by atoms with Crippen molar-refractivity contribution < 1.29 is 18.0 Å². The lowest BCUT2D eigenvalue weighted by atomic mass is 9.91. The number of alkyl halides is 3. The number of benzene rings is 2. The summed E-state index contributed by atoms with van der Waals surface area (Å²) in [6.07, 6.45) is 0.869. The van der Waals surface area contributed by atoms with Crippen LogP contribution in [0.15, 0.2) is 48.7 Å². The molecule has 1 aliphatic carbocycles. The van der Waals surface area contributed by atoms with Crippen LogP contribution >= 0.6 is 0 Å². The van der Waals surface area contributed by atoms with Gasteiger partial charge >= 0.3 is 6.18 Å². The maximum absolute atomic E-state index is 13.1. The Bertz CT molecular complexity index is 1140. The number of anilines is 1. The molecule has 1 saturated heterocycles. The van der Waals surface area contributed by atoms with Crippen LogP contribution in [0.3, 0.4) is 0 Å². The van der Waals surface area contributed by atoms with Crippen molar-refractivity contribution in [1.82, 2.24) is 9.88 Å². The summed E-state index contributed by atoms with van der Waals surface area (Å²) >= 11 is 0. The van der Waals surface area contributed by atoms with Crippen LogP contribution in [0.1, 0.15) is 30.4 Å². The number of hydrogen-bond donors (Lipinski definition) is 1. The second-order valence-corrected chi connectivity index (χ2v) is 8.67. The van der Waals surface area contributed by atoms with E-state index in [9.17, 15) is 18.0 Å². The lowest BCUT2D eigenvalue weighted by Gasteiger charge is -2.41. The molecule has 2 fully saturated rings. The molecule has 2 aromatic carbocycles. The zero-order valence-corrected chi connectivity index (χ0v) is 17.2. The monoisotopic (exact) mass is 427 g/mol. The molecule has 3 aromatic rings. The van der Waals surface area contributed by atoms with Gasteiger partial charge in [-0.2, -0.15) is 13.2 Å². The van der Waals surface area contributed by atoms with Crippen molar-refractivity contribution in [3.8, 4) is 5.69 Å². The molecule has 0 radical (unpaired) electrons. The van der Waals surface area contributed by atoms with E-state index in [0.29, 0.717) is 24.5 Å². The van der Waals surface area contributed by atoms with Crippen LogP contribution in [0.2, 0.25) is 0 Å². The van der Waals surface area contributed by atoms with Crippen LogP contribution in [-0.4, -0.2) is 29.6 Å². The molecule has 31 heavy (non-hydrogen) atoms. The van der Waals surface area contributed by atoms with E-state index < -0.39 is 11.7 Å². The Morgan fingerprint density at radius 1 is 1.06 bits per heavy atom. The van der Waals surface area contributed by atoms with Crippen LogP contribution in [0.4, 0.5) is 18.9 Å². The summed E-state index contributed by atoms with van der Waals surface area (Å²) < 4.78 is 41.2. The topological polar surface area (TPSA) is 37.3 Å². The van der Waals surface area contributed by atoms with Crippen molar-refractivity contribution >= 4 is 22.5 Å². The first kappa shape index (κ1) is 20.0. The molecule has 0 bridgehead atoms. The number of fused-ring (bicyclic) bond motifs is 1. The number of carbonyl (C=O) groups excluding carboxylic acids is 1. The van der Waals surface area contributed by atoms with E-state index in [1.165, 1.54) is 18.6 Å². The Morgan fingerprint density at radius 3 is 2.48 bits per heavy atom. The molecule has 0 atom stereocenters. The van der Waals surface area contributed by atoms with Crippen molar-refractivity contribution in [1.29, 1.82) is 0 Å². The van der Waals surface area contributed by atoms with Crippen molar-refractivity contribution in [2.45, 2.75) is 38.4 Å². The Kier molecular flexibility index (Phi) is 4.72. The Balaban J connectivity index is 1.36. The van der Waals surface area contributed by atoms with Gasteiger partial charge in [0.25, 0.3) is 0 Å². The molecule has 2 aliphatic rings. The lowest BCUT2D eigenvalue weighted by molar-refractivity contribution is -0.137. The van der Waals surface area contributed by atoms with Crippen LogP contribution in [0.25, 0.3) is 16.6 Å². The van der Waals surface area contributed by atoms with Crippen LogP contribution < -0.4 is 10.2 Å². The van der Waals surface area contributed by atoms with Crippen LogP contribution in [0.5, 0.6) is 0 Å². The highest BCUT2D eigenvalue weighted by Crippen LogP contribution is 2.34. The molecule has 4 nitrogen and oxygen atoms in total. The minimum absolute atomic E-state index is 0.0136. The number of carbonyl (C=O) groups is 1. The van der Waals surface area contributed by atoms with Crippen LogP contribution in [0, 0.1) is 12.8 Å². The van der Waals surface area contributed by atoms with Gasteiger partial charge in [-0.05, 0) is 68.1 Å². The van der Waals surface area contributed by atoms with E-state index in [1.54, 1.807) is 0 Å². The number of hydrogen-bond acceptors (Lipinski definition) is 2. The van der Waals surface area contributed by atoms with Gasteiger partial charge in [-0.3, -0.25) is 4.79 Å². The SMILES string of the molecule is Cc1cn(-c2cccc(N3CC(C(=O)NC4CCC4)C3)c2)c2ccc(C(F)(F)F)cc12. The lowest BCUT2D eigenvalue weighted by Crippen LogP contribution is -2.56. The van der Waals surface area contributed by atoms with Crippen molar-refractivity contribution in [2.24, 2.45) is 5.92 Å². The molecule has 0 spiro atoms. The molecule has 1 aromatic heterocycles. The summed E-state index contributed by atoms with van der Waals surface area (Å²) in [5, 5.41) is 3.71. The van der Waals surface area contributed by atoms with Gasteiger partial charge in [-0.1, -0.05) is 6.07 Å². The summed E-state index contributed by atoms with van der Waals surface area (Å²) in [5.41, 5.74) is 2.79. The Morgan fingerprint density at radius 2 is 1.81 bits per heavy atom. The molecule has 1 saturated carbocycles. The average Bonchev–Trinajstić information content (AvgIpc) is 2.99. The van der Waals surface area contributed by atoms with Gasteiger partial charge < -0.3 is 14.8 Å². The standard InChI is InChI=1S/C24H24F3N3O/c1-15-12-30(22-9-8-17(10-21(15)22)24(25,26)27)20-7-3-6-19(11-20)29-13-16(14-29)23(31)28-18-4-2-5-18/h3,6-12,16,18H,2,4-5,13-14H2,1H3,(H,28,31). The smallest absolute Gasteiger partial charge is 0.370 e. The van der Waals surface area contributed by atoms with E-state index in [1.807, 2.05) is 42.0 Å². The fourth-order valence-electron chi connectivity index (χ4n) is 4.35. The number of nitrogens with one attached hydrogen (secondary N) is 1. The molecule has 1 amide bonds. The van der Waals surface area contributed by atoms with Gasteiger partial charge in [0.2, 0.25) is 5.91 Å². The van der Waals surface area contributed by atoms with Crippen molar-refractivity contribution in [3.05, 3.63) is 59.8 Å². The fourth-order valence-corrected chi connectivity index (χ4v) is 4.35. The molecule has 5 rings (SSSR count). The fraction of sp³-hybridized carbons (Fsp3) is 0.375. The number of halogens is 3. The molecule has 0 unspecified atom stereocenters. The highest BCUT2D eigenvalue weighted by molar-refractivity contribution is 5.86. The highest BCUT2D eigenvalue weighted by atomic mass is 19.4.